The van der Waals surface area contributed by atoms with Gasteiger partial charge in [0.25, 0.3) is 0 Å². The predicted molar refractivity (Wildman–Crippen MR) is 70.4 cm³/mol. The smallest absolute Gasteiger partial charge is 0.131 e. The molecule has 2 rings (SSSR count). The van der Waals surface area contributed by atoms with Gasteiger partial charge in [-0.2, -0.15) is 0 Å². The van der Waals surface area contributed by atoms with Crippen LogP contribution in [0.4, 0.5) is 13.2 Å². The van der Waals surface area contributed by atoms with Gasteiger partial charge in [0.1, 0.15) is 17.5 Å². The molecular weight excluding hydrogens is 249 g/mol. The van der Waals surface area contributed by atoms with Gasteiger partial charge in [-0.15, -0.1) is 0 Å². The summed E-state index contributed by atoms with van der Waals surface area (Å²) >= 11 is 0. The summed E-state index contributed by atoms with van der Waals surface area (Å²) in [6.45, 7) is 2.07. The van der Waals surface area contributed by atoms with E-state index in [0.29, 0.717) is 0 Å². The van der Waals surface area contributed by atoms with Crippen molar-refractivity contribution in [3.8, 4) is 11.1 Å². The maximum Gasteiger partial charge on any atom is 0.131 e. The molecule has 0 unspecified atom stereocenters. The highest BCUT2D eigenvalue weighted by molar-refractivity contribution is 5.64. The van der Waals surface area contributed by atoms with Gasteiger partial charge in [-0.05, 0) is 42.2 Å². The van der Waals surface area contributed by atoms with Crippen molar-refractivity contribution in [2.45, 2.75) is 26.2 Å². The summed E-state index contributed by atoms with van der Waals surface area (Å²) < 4.78 is 40.2. The number of halogens is 3. The van der Waals surface area contributed by atoms with Gasteiger partial charge in [0, 0.05) is 11.6 Å². The molecule has 100 valence electrons. The third-order valence-electron chi connectivity index (χ3n) is 3.03. The molecule has 0 heterocycles. The summed E-state index contributed by atoms with van der Waals surface area (Å²) in [4.78, 5) is 0. The molecule has 0 saturated heterocycles. The molecule has 0 atom stereocenters. The zero-order valence-corrected chi connectivity index (χ0v) is 10.7. The highest BCUT2D eigenvalue weighted by Crippen LogP contribution is 2.25. The fraction of sp³-hybridized carbons (Fsp3) is 0.250. The molecule has 0 bridgehead atoms. The van der Waals surface area contributed by atoms with Crippen LogP contribution < -0.4 is 0 Å². The lowest BCUT2D eigenvalue weighted by Crippen LogP contribution is -1.91. The van der Waals surface area contributed by atoms with Gasteiger partial charge in [-0.3, -0.25) is 0 Å². The van der Waals surface area contributed by atoms with Gasteiger partial charge in [-0.25, -0.2) is 13.2 Å². The van der Waals surface area contributed by atoms with Crippen molar-refractivity contribution in [2.24, 2.45) is 0 Å². The molecule has 0 aliphatic heterocycles. The van der Waals surface area contributed by atoms with E-state index in [4.69, 9.17) is 0 Å². The lowest BCUT2D eigenvalue weighted by Gasteiger charge is -2.07. The molecule has 0 radical (unpaired) electrons. The molecule has 0 spiro atoms. The minimum Gasteiger partial charge on any atom is -0.207 e. The fourth-order valence-corrected chi connectivity index (χ4v) is 2.04. The van der Waals surface area contributed by atoms with Gasteiger partial charge in [0.2, 0.25) is 0 Å². The lowest BCUT2D eigenvalue weighted by molar-refractivity contribution is 0.583. The summed E-state index contributed by atoms with van der Waals surface area (Å²) in [5.41, 5.74) is 1.34. The van der Waals surface area contributed by atoms with Crippen LogP contribution in [-0.4, -0.2) is 0 Å². The van der Waals surface area contributed by atoms with E-state index in [0.717, 1.165) is 43.0 Å². The first-order valence-corrected chi connectivity index (χ1v) is 6.35. The van der Waals surface area contributed by atoms with Gasteiger partial charge >= 0.3 is 0 Å². The normalized spacial score (nSPS) is 10.7. The van der Waals surface area contributed by atoms with Crippen molar-refractivity contribution in [3.05, 3.63) is 59.4 Å². The van der Waals surface area contributed by atoms with Crippen molar-refractivity contribution in [2.75, 3.05) is 0 Å². The number of aryl methyl sites for hydroxylation is 1. The molecule has 2 aromatic rings. The summed E-state index contributed by atoms with van der Waals surface area (Å²) in [5.74, 6) is -1.85. The molecule has 0 aliphatic carbocycles. The zero-order chi connectivity index (χ0) is 13.8. The average molecular weight is 264 g/mol. The second-order valence-corrected chi connectivity index (χ2v) is 4.58. The van der Waals surface area contributed by atoms with Crippen LogP contribution in [0.3, 0.4) is 0 Å². The van der Waals surface area contributed by atoms with Crippen LogP contribution in [0.15, 0.2) is 36.4 Å². The van der Waals surface area contributed by atoms with Crippen LogP contribution in [-0.2, 0) is 6.42 Å². The quantitative estimate of drug-likeness (QED) is 0.719. The second kappa shape index (κ2) is 5.91. The maximum absolute atomic E-state index is 14.0. The van der Waals surface area contributed by atoms with Gasteiger partial charge in [0.15, 0.2) is 0 Å². The van der Waals surface area contributed by atoms with Crippen molar-refractivity contribution in [1.82, 2.24) is 0 Å². The standard InChI is InChI=1S/C16H15F3/c1-2-3-4-11-5-6-15(16(19)7-11)12-8-13(17)10-14(18)9-12/h5-10H,2-4H2,1H3. The number of benzene rings is 2. The van der Waals surface area contributed by atoms with Crippen LogP contribution in [0, 0.1) is 17.5 Å². The van der Waals surface area contributed by atoms with Crippen LogP contribution in [0.5, 0.6) is 0 Å². The summed E-state index contributed by atoms with van der Waals surface area (Å²) in [6.07, 6.45) is 2.84. The summed E-state index contributed by atoms with van der Waals surface area (Å²) in [6, 6.07) is 7.86. The van der Waals surface area contributed by atoms with Crippen molar-refractivity contribution in [3.63, 3.8) is 0 Å². The van der Waals surface area contributed by atoms with E-state index in [1.165, 1.54) is 6.07 Å². The topological polar surface area (TPSA) is 0 Å². The van der Waals surface area contributed by atoms with E-state index in [2.05, 4.69) is 6.92 Å². The van der Waals surface area contributed by atoms with E-state index in [1.807, 2.05) is 0 Å². The summed E-state index contributed by atoms with van der Waals surface area (Å²) in [5, 5.41) is 0. The molecule has 3 heteroatoms. The molecule has 0 nitrogen and oxygen atoms in total. The molecule has 19 heavy (non-hydrogen) atoms. The Balaban J connectivity index is 2.34. The van der Waals surface area contributed by atoms with E-state index in [1.54, 1.807) is 12.1 Å². The Hall–Kier alpha value is -1.77. The van der Waals surface area contributed by atoms with Crippen LogP contribution >= 0.6 is 0 Å². The Morgan fingerprint density at radius 1 is 0.895 bits per heavy atom. The third-order valence-corrected chi connectivity index (χ3v) is 3.03. The minimum atomic E-state index is -0.704. The third kappa shape index (κ3) is 3.37. The van der Waals surface area contributed by atoms with Gasteiger partial charge < -0.3 is 0 Å². The number of hydrogen-bond donors (Lipinski definition) is 0. The van der Waals surface area contributed by atoms with Gasteiger partial charge in [-0.1, -0.05) is 25.5 Å². The Morgan fingerprint density at radius 3 is 2.16 bits per heavy atom. The Bertz CT molecular complexity index is 556. The maximum atomic E-state index is 14.0. The van der Waals surface area contributed by atoms with Crippen LogP contribution in [0.25, 0.3) is 11.1 Å². The van der Waals surface area contributed by atoms with Crippen LogP contribution in [0.1, 0.15) is 25.3 Å². The first-order chi connectivity index (χ1) is 9.10. The molecule has 0 aromatic heterocycles. The number of hydrogen-bond acceptors (Lipinski definition) is 0. The Labute approximate surface area is 110 Å². The summed E-state index contributed by atoms with van der Waals surface area (Å²) in [7, 11) is 0. The number of unbranched alkanes of at least 4 members (excludes halogenated alkanes) is 1. The SMILES string of the molecule is CCCCc1ccc(-c2cc(F)cc(F)c2)c(F)c1. The molecule has 2 aromatic carbocycles. The van der Waals surface area contributed by atoms with E-state index < -0.39 is 17.5 Å². The average Bonchev–Trinajstić information content (AvgIpc) is 2.35. The highest BCUT2D eigenvalue weighted by Gasteiger charge is 2.09. The predicted octanol–water partition coefficient (Wildman–Crippen LogP) is 5.11. The largest absolute Gasteiger partial charge is 0.207 e. The zero-order valence-electron chi connectivity index (χ0n) is 10.7. The molecule has 0 fully saturated rings. The van der Waals surface area contributed by atoms with Crippen LogP contribution in [0.2, 0.25) is 0 Å². The van der Waals surface area contributed by atoms with E-state index >= 15 is 0 Å². The lowest BCUT2D eigenvalue weighted by atomic mass is 10.0. The Kier molecular flexibility index (Phi) is 4.25. The van der Waals surface area contributed by atoms with Gasteiger partial charge in [0.05, 0.1) is 0 Å². The first-order valence-electron chi connectivity index (χ1n) is 6.35. The molecular formula is C16H15F3. The van der Waals surface area contributed by atoms with E-state index in [9.17, 15) is 13.2 Å². The van der Waals surface area contributed by atoms with Crippen molar-refractivity contribution in [1.29, 1.82) is 0 Å². The van der Waals surface area contributed by atoms with Crippen molar-refractivity contribution < 1.29 is 13.2 Å². The molecule has 0 saturated carbocycles. The van der Waals surface area contributed by atoms with E-state index in [-0.39, 0.29) is 11.1 Å². The minimum absolute atomic E-state index is 0.219. The fourth-order valence-electron chi connectivity index (χ4n) is 2.04. The molecule has 0 aliphatic rings. The Morgan fingerprint density at radius 2 is 1.58 bits per heavy atom. The number of rotatable bonds is 4. The van der Waals surface area contributed by atoms with Crippen molar-refractivity contribution >= 4 is 0 Å². The molecule has 0 amide bonds. The molecule has 0 N–H and O–H groups in total. The highest BCUT2D eigenvalue weighted by atomic mass is 19.1. The first kappa shape index (κ1) is 13.7. The second-order valence-electron chi connectivity index (χ2n) is 4.58. The monoisotopic (exact) mass is 264 g/mol.